The number of benzene rings is 2. The normalized spacial score (nSPS) is 13.6. The van der Waals surface area contributed by atoms with Gasteiger partial charge < -0.3 is 10.1 Å². The molecule has 2 amide bonds. The molecule has 1 N–H and O–H groups in total. The first-order chi connectivity index (χ1) is 12.3. The van der Waals surface area contributed by atoms with E-state index in [2.05, 4.69) is 5.32 Å². The SMILES string of the molecule is COc1ccccc1NC(=O)N1CCc2cc(S(=O)(=O)N(C)C)ccc21. The predicted molar refractivity (Wildman–Crippen MR) is 100 cm³/mol. The van der Waals surface area contributed by atoms with Crippen molar-refractivity contribution in [2.24, 2.45) is 0 Å². The number of carbonyl (C=O) groups excluding carboxylic acids is 1. The summed E-state index contributed by atoms with van der Waals surface area (Å²) in [7, 11) is 1.04. The molecule has 0 atom stereocenters. The quantitative estimate of drug-likeness (QED) is 0.891. The Bertz CT molecular complexity index is 941. The van der Waals surface area contributed by atoms with Crippen LogP contribution in [-0.4, -0.2) is 46.5 Å². The highest BCUT2D eigenvalue weighted by atomic mass is 32.2. The zero-order valence-corrected chi connectivity index (χ0v) is 15.7. The zero-order valence-electron chi connectivity index (χ0n) is 14.9. The Balaban J connectivity index is 1.85. The molecule has 0 saturated carbocycles. The first-order valence-corrected chi connectivity index (χ1v) is 9.55. The van der Waals surface area contributed by atoms with Crippen LogP contribution in [0, 0.1) is 0 Å². The predicted octanol–water partition coefficient (Wildman–Crippen LogP) is 2.54. The molecule has 3 rings (SSSR count). The number of nitrogens with zero attached hydrogens (tertiary/aromatic N) is 2. The van der Waals surface area contributed by atoms with E-state index < -0.39 is 10.0 Å². The van der Waals surface area contributed by atoms with E-state index in [1.807, 2.05) is 12.1 Å². The molecule has 7 nitrogen and oxygen atoms in total. The van der Waals surface area contributed by atoms with Gasteiger partial charge in [0.15, 0.2) is 0 Å². The first kappa shape index (κ1) is 18.2. The van der Waals surface area contributed by atoms with E-state index >= 15 is 0 Å². The average molecular weight is 375 g/mol. The van der Waals surface area contributed by atoms with E-state index in [4.69, 9.17) is 4.74 Å². The van der Waals surface area contributed by atoms with E-state index in [0.29, 0.717) is 24.4 Å². The van der Waals surface area contributed by atoms with Crippen molar-refractivity contribution in [1.29, 1.82) is 0 Å². The molecule has 0 aromatic heterocycles. The average Bonchev–Trinajstić information content (AvgIpc) is 3.05. The molecule has 0 bridgehead atoms. The summed E-state index contributed by atoms with van der Waals surface area (Å²) in [5.74, 6) is 0.577. The molecule has 2 aromatic rings. The molecule has 0 spiro atoms. The molecule has 0 saturated heterocycles. The highest BCUT2D eigenvalue weighted by Crippen LogP contribution is 2.32. The molecule has 1 aliphatic rings. The molecule has 1 heterocycles. The summed E-state index contributed by atoms with van der Waals surface area (Å²) < 4.78 is 31.0. The third-order valence-corrected chi connectivity index (χ3v) is 6.13. The standard InChI is InChI=1S/C18H21N3O4S/c1-20(2)26(23,24)14-8-9-16-13(12-14)10-11-21(16)18(22)19-15-6-4-5-7-17(15)25-3/h4-9,12H,10-11H2,1-3H3,(H,19,22). The minimum absolute atomic E-state index is 0.230. The van der Waals surface area contributed by atoms with Gasteiger partial charge in [-0.05, 0) is 42.3 Å². The maximum atomic E-state index is 12.7. The van der Waals surface area contributed by atoms with Gasteiger partial charge in [0.1, 0.15) is 5.75 Å². The second kappa shape index (κ2) is 6.97. The van der Waals surface area contributed by atoms with E-state index in [1.165, 1.54) is 24.5 Å². The van der Waals surface area contributed by atoms with E-state index in [1.54, 1.807) is 36.3 Å². The maximum absolute atomic E-state index is 12.7. The van der Waals surface area contributed by atoms with Gasteiger partial charge in [-0.1, -0.05) is 12.1 Å². The van der Waals surface area contributed by atoms with E-state index in [0.717, 1.165) is 11.3 Å². The number of fused-ring (bicyclic) bond motifs is 1. The largest absolute Gasteiger partial charge is 0.495 e. The highest BCUT2D eigenvalue weighted by molar-refractivity contribution is 7.89. The minimum Gasteiger partial charge on any atom is -0.495 e. The van der Waals surface area contributed by atoms with Crippen LogP contribution in [-0.2, 0) is 16.4 Å². The minimum atomic E-state index is -3.50. The number of hydrogen-bond acceptors (Lipinski definition) is 4. The third-order valence-electron chi connectivity index (χ3n) is 4.32. The van der Waals surface area contributed by atoms with Crippen molar-refractivity contribution < 1.29 is 17.9 Å². The van der Waals surface area contributed by atoms with E-state index in [-0.39, 0.29) is 10.9 Å². The summed E-state index contributed by atoms with van der Waals surface area (Å²) in [6.07, 6.45) is 0.603. The van der Waals surface area contributed by atoms with Gasteiger partial charge in [-0.3, -0.25) is 4.90 Å². The lowest BCUT2D eigenvalue weighted by Crippen LogP contribution is -2.33. The van der Waals surface area contributed by atoms with Gasteiger partial charge in [0.05, 0.1) is 17.7 Å². The molecule has 1 aliphatic heterocycles. The van der Waals surface area contributed by atoms with Crippen molar-refractivity contribution in [1.82, 2.24) is 4.31 Å². The molecule has 0 radical (unpaired) electrons. The van der Waals surface area contributed by atoms with Crippen LogP contribution in [0.4, 0.5) is 16.2 Å². The smallest absolute Gasteiger partial charge is 0.326 e. The molecule has 0 aliphatic carbocycles. The topological polar surface area (TPSA) is 79.0 Å². The van der Waals surface area contributed by atoms with Gasteiger partial charge in [0.2, 0.25) is 10.0 Å². The summed E-state index contributed by atoms with van der Waals surface area (Å²) in [4.78, 5) is 14.5. The molecule has 8 heteroatoms. The molecule has 0 unspecified atom stereocenters. The van der Waals surface area contributed by atoms with E-state index in [9.17, 15) is 13.2 Å². The van der Waals surface area contributed by atoms with Crippen LogP contribution in [0.25, 0.3) is 0 Å². The number of urea groups is 1. The third kappa shape index (κ3) is 3.25. The summed E-state index contributed by atoms with van der Waals surface area (Å²) in [5, 5.41) is 2.84. The molecule has 138 valence electrons. The van der Waals surface area contributed by atoms with Gasteiger partial charge in [0, 0.05) is 26.3 Å². The zero-order chi connectivity index (χ0) is 18.9. The van der Waals surface area contributed by atoms with Crippen molar-refractivity contribution in [3.05, 3.63) is 48.0 Å². The summed E-state index contributed by atoms with van der Waals surface area (Å²) in [5.41, 5.74) is 2.14. The highest BCUT2D eigenvalue weighted by Gasteiger charge is 2.27. The lowest BCUT2D eigenvalue weighted by molar-refractivity contribution is 0.257. The number of rotatable bonds is 4. The summed E-state index contributed by atoms with van der Waals surface area (Å²) in [6, 6.07) is 11.7. The fraction of sp³-hybridized carbons (Fsp3) is 0.278. The monoisotopic (exact) mass is 375 g/mol. The van der Waals surface area contributed by atoms with Crippen molar-refractivity contribution in [3.63, 3.8) is 0 Å². The lowest BCUT2D eigenvalue weighted by atomic mass is 10.2. The first-order valence-electron chi connectivity index (χ1n) is 8.11. The Hall–Kier alpha value is -2.58. The summed E-state index contributed by atoms with van der Waals surface area (Å²) >= 11 is 0. The number of hydrogen-bond donors (Lipinski definition) is 1. The van der Waals surface area contributed by atoms with Crippen LogP contribution in [0.5, 0.6) is 5.75 Å². The van der Waals surface area contributed by atoms with Gasteiger partial charge in [-0.2, -0.15) is 0 Å². The van der Waals surface area contributed by atoms with Crippen LogP contribution < -0.4 is 15.0 Å². The molecular weight excluding hydrogens is 354 g/mol. The number of nitrogens with one attached hydrogen (secondary N) is 1. The van der Waals surface area contributed by atoms with Crippen molar-refractivity contribution in [2.75, 3.05) is 38.0 Å². The van der Waals surface area contributed by atoms with Crippen LogP contribution >= 0.6 is 0 Å². The van der Waals surface area contributed by atoms with Crippen molar-refractivity contribution >= 4 is 27.4 Å². The van der Waals surface area contributed by atoms with Gasteiger partial charge in [0.25, 0.3) is 0 Å². The number of anilines is 2. The van der Waals surface area contributed by atoms with Crippen molar-refractivity contribution in [3.8, 4) is 5.75 Å². The van der Waals surface area contributed by atoms with Gasteiger partial charge >= 0.3 is 6.03 Å². The van der Waals surface area contributed by atoms with Crippen LogP contribution in [0.3, 0.4) is 0 Å². The van der Waals surface area contributed by atoms with Crippen LogP contribution in [0.1, 0.15) is 5.56 Å². The number of sulfonamides is 1. The fourth-order valence-electron chi connectivity index (χ4n) is 2.89. The molecule has 26 heavy (non-hydrogen) atoms. The Morgan fingerprint density at radius 3 is 2.62 bits per heavy atom. The number of ether oxygens (including phenoxy) is 1. The van der Waals surface area contributed by atoms with Crippen molar-refractivity contribution in [2.45, 2.75) is 11.3 Å². The second-order valence-electron chi connectivity index (χ2n) is 6.11. The number of methoxy groups -OCH3 is 1. The Labute approximate surface area is 153 Å². The Morgan fingerprint density at radius 1 is 1.19 bits per heavy atom. The van der Waals surface area contributed by atoms with Gasteiger partial charge in [-0.15, -0.1) is 0 Å². The maximum Gasteiger partial charge on any atom is 0.326 e. The summed E-state index contributed by atoms with van der Waals surface area (Å²) in [6.45, 7) is 0.488. The number of amides is 2. The molecule has 2 aromatic carbocycles. The van der Waals surface area contributed by atoms with Crippen LogP contribution in [0.2, 0.25) is 0 Å². The lowest BCUT2D eigenvalue weighted by Gasteiger charge is -2.19. The van der Waals surface area contributed by atoms with Gasteiger partial charge in [-0.25, -0.2) is 17.5 Å². The fourth-order valence-corrected chi connectivity index (χ4v) is 3.84. The molecule has 0 fully saturated rings. The van der Waals surface area contributed by atoms with Crippen LogP contribution in [0.15, 0.2) is 47.4 Å². The second-order valence-corrected chi connectivity index (χ2v) is 8.26. The number of carbonyl (C=O) groups is 1. The molecular formula is C18H21N3O4S. The number of para-hydroxylation sites is 2. The Morgan fingerprint density at radius 2 is 1.92 bits per heavy atom. The Kier molecular flexibility index (Phi) is 4.88.